The predicted molar refractivity (Wildman–Crippen MR) is 58.5 cm³/mol. The molecule has 1 heterocycles. The molecule has 1 aliphatic rings. The van der Waals surface area contributed by atoms with Crippen molar-refractivity contribution in [3.05, 3.63) is 11.4 Å². The number of rotatable bonds is 2. The average Bonchev–Trinajstić information content (AvgIpc) is 2.67. The smallest absolute Gasteiger partial charge is 0.0825 e. The van der Waals surface area contributed by atoms with E-state index in [4.69, 9.17) is 0 Å². The van der Waals surface area contributed by atoms with Gasteiger partial charge in [-0.2, -0.15) is 5.10 Å². The van der Waals surface area contributed by atoms with Crippen LogP contribution in [0.4, 0.5) is 5.69 Å². The predicted octanol–water partition coefficient (Wildman–Crippen LogP) is 2.63. The fraction of sp³-hybridized carbons (Fsp3) is 0.727. The summed E-state index contributed by atoms with van der Waals surface area (Å²) >= 11 is 0. The minimum Gasteiger partial charge on any atom is -0.379 e. The second-order valence-corrected chi connectivity index (χ2v) is 4.47. The molecular formula is C11H19N3. The number of anilines is 1. The molecule has 14 heavy (non-hydrogen) atoms. The Balaban J connectivity index is 2.10. The molecule has 0 aliphatic heterocycles. The van der Waals surface area contributed by atoms with Gasteiger partial charge in [-0.1, -0.05) is 13.3 Å². The molecule has 3 nitrogen and oxygen atoms in total. The van der Waals surface area contributed by atoms with Gasteiger partial charge in [0.05, 0.1) is 17.1 Å². The lowest BCUT2D eigenvalue weighted by atomic mass is 10.1. The molecule has 1 aliphatic carbocycles. The van der Waals surface area contributed by atoms with Crippen LogP contribution in [0, 0.1) is 19.8 Å². The maximum Gasteiger partial charge on any atom is 0.0825 e. The number of aromatic amines is 1. The van der Waals surface area contributed by atoms with E-state index in [2.05, 4.69) is 29.4 Å². The molecule has 2 N–H and O–H groups in total. The van der Waals surface area contributed by atoms with Crippen LogP contribution in [0.2, 0.25) is 0 Å². The molecule has 2 unspecified atom stereocenters. The molecule has 0 amide bonds. The van der Waals surface area contributed by atoms with Gasteiger partial charge in [0.15, 0.2) is 0 Å². The molecule has 0 radical (unpaired) electrons. The minimum absolute atomic E-state index is 0.644. The fourth-order valence-electron chi connectivity index (χ4n) is 2.31. The Morgan fingerprint density at radius 3 is 2.64 bits per heavy atom. The second kappa shape index (κ2) is 3.64. The SMILES string of the molecule is Cc1n[nH]c(C)c1NC1CCCC1C. The van der Waals surface area contributed by atoms with E-state index in [1.165, 1.54) is 24.9 Å². The summed E-state index contributed by atoms with van der Waals surface area (Å²) in [4.78, 5) is 0. The van der Waals surface area contributed by atoms with E-state index in [1.54, 1.807) is 0 Å². The van der Waals surface area contributed by atoms with Crippen molar-refractivity contribution >= 4 is 5.69 Å². The molecule has 0 spiro atoms. The molecule has 3 heteroatoms. The third kappa shape index (κ3) is 1.63. The Kier molecular flexibility index (Phi) is 2.48. The Bertz CT molecular complexity index is 297. The van der Waals surface area contributed by atoms with Gasteiger partial charge in [-0.15, -0.1) is 0 Å². The number of H-pyrrole nitrogens is 1. The van der Waals surface area contributed by atoms with Gasteiger partial charge in [0, 0.05) is 6.04 Å². The number of hydrogen-bond acceptors (Lipinski definition) is 2. The van der Waals surface area contributed by atoms with Crippen LogP contribution in [0.1, 0.15) is 37.6 Å². The van der Waals surface area contributed by atoms with Crippen molar-refractivity contribution in [2.24, 2.45) is 5.92 Å². The first-order chi connectivity index (χ1) is 6.68. The van der Waals surface area contributed by atoms with Gasteiger partial charge < -0.3 is 5.32 Å². The maximum atomic E-state index is 4.20. The van der Waals surface area contributed by atoms with Crippen LogP contribution >= 0.6 is 0 Å². The summed E-state index contributed by atoms with van der Waals surface area (Å²) in [5.74, 6) is 0.795. The Morgan fingerprint density at radius 2 is 2.14 bits per heavy atom. The first-order valence-electron chi connectivity index (χ1n) is 5.46. The lowest BCUT2D eigenvalue weighted by Gasteiger charge is -2.18. The zero-order valence-electron chi connectivity index (χ0n) is 9.22. The fourth-order valence-corrected chi connectivity index (χ4v) is 2.31. The molecule has 2 atom stereocenters. The summed E-state index contributed by atoms with van der Waals surface area (Å²) in [5.41, 5.74) is 3.45. The zero-order valence-corrected chi connectivity index (χ0v) is 9.22. The second-order valence-electron chi connectivity index (χ2n) is 4.47. The van der Waals surface area contributed by atoms with Gasteiger partial charge in [0.2, 0.25) is 0 Å². The monoisotopic (exact) mass is 193 g/mol. The maximum absolute atomic E-state index is 4.20. The van der Waals surface area contributed by atoms with Crippen LogP contribution in [0.25, 0.3) is 0 Å². The molecule has 1 aromatic rings. The van der Waals surface area contributed by atoms with E-state index in [0.29, 0.717) is 6.04 Å². The van der Waals surface area contributed by atoms with Gasteiger partial charge in [0.25, 0.3) is 0 Å². The molecule has 0 aromatic carbocycles. The lowest BCUT2D eigenvalue weighted by Crippen LogP contribution is -2.22. The normalized spacial score (nSPS) is 26.8. The number of nitrogens with zero attached hydrogens (tertiary/aromatic N) is 1. The van der Waals surface area contributed by atoms with Crippen LogP contribution in [0.3, 0.4) is 0 Å². The Hall–Kier alpha value is -0.990. The molecule has 1 fully saturated rings. The van der Waals surface area contributed by atoms with Crippen LogP contribution in [-0.2, 0) is 0 Å². The van der Waals surface area contributed by atoms with E-state index in [-0.39, 0.29) is 0 Å². The highest BCUT2D eigenvalue weighted by Crippen LogP contribution is 2.29. The topological polar surface area (TPSA) is 40.7 Å². The van der Waals surface area contributed by atoms with Crippen molar-refractivity contribution in [1.29, 1.82) is 0 Å². The van der Waals surface area contributed by atoms with Gasteiger partial charge in [-0.05, 0) is 32.6 Å². The van der Waals surface area contributed by atoms with Gasteiger partial charge in [0.1, 0.15) is 0 Å². The molecule has 1 aromatic heterocycles. The summed E-state index contributed by atoms with van der Waals surface area (Å²) in [5, 5.41) is 10.8. The van der Waals surface area contributed by atoms with Gasteiger partial charge in [-0.3, -0.25) is 5.10 Å². The number of nitrogens with one attached hydrogen (secondary N) is 2. The number of aromatic nitrogens is 2. The summed E-state index contributed by atoms with van der Waals surface area (Å²) in [7, 11) is 0. The Morgan fingerprint density at radius 1 is 1.36 bits per heavy atom. The summed E-state index contributed by atoms with van der Waals surface area (Å²) < 4.78 is 0. The third-order valence-corrected chi connectivity index (χ3v) is 3.32. The van der Waals surface area contributed by atoms with Crippen molar-refractivity contribution in [2.45, 2.75) is 46.1 Å². The summed E-state index contributed by atoms with van der Waals surface area (Å²) in [6, 6.07) is 0.644. The zero-order chi connectivity index (χ0) is 10.1. The lowest BCUT2D eigenvalue weighted by molar-refractivity contribution is 0.556. The van der Waals surface area contributed by atoms with E-state index < -0.39 is 0 Å². The van der Waals surface area contributed by atoms with Crippen molar-refractivity contribution in [3.8, 4) is 0 Å². The van der Waals surface area contributed by atoms with Crippen LogP contribution in [0.5, 0.6) is 0 Å². The van der Waals surface area contributed by atoms with Crippen molar-refractivity contribution in [3.63, 3.8) is 0 Å². The van der Waals surface area contributed by atoms with Gasteiger partial charge >= 0.3 is 0 Å². The molecule has 78 valence electrons. The third-order valence-electron chi connectivity index (χ3n) is 3.32. The molecule has 0 bridgehead atoms. The molecule has 0 saturated heterocycles. The van der Waals surface area contributed by atoms with Crippen molar-refractivity contribution < 1.29 is 0 Å². The van der Waals surface area contributed by atoms with E-state index in [0.717, 1.165) is 17.3 Å². The quantitative estimate of drug-likeness (QED) is 0.758. The first-order valence-corrected chi connectivity index (χ1v) is 5.46. The highest BCUT2D eigenvalue weighted by atomic mass is 15.2. The van der Waals surface area contributed by atoms with Crippen molar-refractivity contribution in [2.75, 3.05) is 5.32 Å². The largest absolute Gasteiger partial charge is 0.379 e. The number of hydrogen-bond donors (Lipinski definition) is 2. The summed E-state index contributed by atoms with van der Waals surface area (Å²) in [6.45, 7) is 6.45. The highest BCUT2D eigenvalue weighted by Gasteiger charge is 2.24. The standard InChI is InChI=1S/C11H19N3/c1-7-5-4-6-10(7)12-11-8(2)13-14-9(11)3/h7,10,12H,4-6H2,1-3H3,(H,13,14). The van der Waals surface area contributed by atoms with E-state index in [9.17, 15) is 0 Å². The molecular weight excluding hydrogens is 174 g/mol. The van der Waals surface area contributed by atoms with Crippen LogP contribution in [-0.4, -0.2) is 16.2 Å². The van der Waals surface area contributed by atoms with E-state index in [1.807, 2.05) is 6.92 Å². The van der Waals surface area contributed by atoms with Gasteiger partial charge in [-0.25, -0.2) is 0 Å². The average molecular weight is 193 g/mol. The molecule has 1 saturated carbocycles. The molecule has 2 rings (SSSR count). The number of aryl methyl sites for hydroxylation is 2. The van der Waals surface area contributed by atoms with Crippen LogP contribution < -0.4 is 5.32 Å². The summed E-state index contributed by atoms with van der Waals surface area (Å²) in [6.07, 6.45) is 4.01. The van der Waals surface area contributed by atoms with Crippen molar-refractivity contribution in [1.82, 2.24) is 10.2 Å². The Labute approximate surface area is 85.3 Å². The van der Waals surface area contributed by atoms with E-state index >= 15 is 0 Å². The van der Waals surface area contributed by atoms with Crippen LogP contribution in [0.15, 0.2) is 0 Å². The highest BCUT2D eigenvalue weighted by molar-refractivity contribution is 5.52. The first kappa shape index (κ1) is 9.56. The minimum atomic E-state index is 0.644.